The van der Waals surface area contributed by atoms with Gasteiger partial charge in [-0.1, -0.05) is 18.2 Å². The predicted octanol–water partition coefficient (Wildman–Crippen LogP) is 2.52. The highest BCUT2D eigenvalue weighted by Crippen LogP contribution is 2.23. The summed E-state index contributed by atoms with van der Waals surface area (Å²) in [7, 11) is 3.23. The number of aryl methyl sites for hydroxylation is 2. The second-order valence-electron chi connectivity index (χ2n) is 4.86. The SMILES string of the molecule is COc1cnn(C)c1C(=O)c1cc(C)c2ccccc2n1. The van der Waals surface area contributed by atoms with Gasteiger partial charge in [-0.2, -0.15) is 5.10 Å². The van der Waals surface area contributed by atoms with E-state index >= 15 is 0 Å². The summed E-state index contributed by atoms with van der Waals surface area (Å²) < 4.78 is 6.70. The van der Waals surface area contributed by atoms with Gasteiger partial charge in [0.1, 0.15) is 5.69 Å². The Labute approximate surface area is 122 Å². The Morgan fingerprint density at radius 1 is 1.29 bits per heavy atom. The molecule has 2 aromatic heterocycles. The molecule has 0 radical (unpaired) electrons. The average Bonchev–Trinajstić information content (AvgIpc) is 2.87. The van der Waals surface area contributed by atoms with E-state index in [0.717, 1.165) is 16.5 Å². The number of nitrogens with zero attached hydrogens (tertiary/aromatic N) is 3. The molecule has 1 aromatic carbocycles. The Morgan fingerprint density at radius 3 is 2.81 bits per heavy atom. The third-order valence-corrected chi connectivity index (χ3v) is 3.50. The van der Waals surface area contributed by atoms with Crippen LogP contribution in [0, 0.1) is 6.92 Å². The van der Waals surface area contributed by atoms with Crippen molar-refractivity contribution < 1.29 is 9.53 Å². The Bertz CT molecular complexity index is 837. The van der Waals surface area contributed by atoms with Crippen molar-refractivity contribution in [1.82, 2.24) is 14.8 Å². The zero-order valence-electron chi connectivity index (χ0n) is 12.1. The third kappa shape index (κ3) is 2.16. The van der Waals surface area contributed by atoms with Gasteiger partial charge >= 0.3 is 0 Å². The van der Waals surface area contributed by atoms with E-state index in [2.05, 4.69) is 10.1 Å². The van der Waals surface area contributed by atoms with Crippen LogP contribution >= 0.6 is 0 Å². The lowest BCUT2D eigenvalue weighted by Gasteiger charge is -2.07. The number of aromatic nitrogens is 3. The summed E-state index contributed by atoms with van der Waals surface area (Å²) in [4.78, 5) is 17.2. The number of rotatable bonds is 3. The summed E-state index contributed by atoms with van der Waals surface area (Å²) in [6.07, 6.45) is 1.53. The number of fused-ring (bicyclic) bond motifs is 1. The standard InChI is InChI=1S/C16H15N3O2/c1-10-8-13(18-12-7-5-4-6-11(10)12)16(20)15-14(21-3)9-17-19(15)2/h4-9H,1-3H3. The van der Waals surface area contributed by atoms with Gasteiger partial charge in [0.05, 0.1) is 18.8 Å². The number of benzene rings is 1. The zero-order valence-corrected chi connectivity index (χ0v) is 12.1. The van der Waals surface area contributed by atoms with E-state index in [1.807, 2.05) is 31.2 Å². The molecule has 5 heteroatoms. The number of carbonyl (C=O) groups is 1. The van der Waals surface area contributed by atoms with Gasteiger partial charge in [-0.3, -0.25) is 9.48 Å². The first kappa shape index (κ1) is 13.3. The van der Waals surface area contributed by atoms with Crippen LogP contribution in [0.25, 0.3) is 10.9 Å². The summed E-state index contributed by atoms with van der Waals surface area (Å²) in [6, 6.07) is 9.57. The van der Waals surface area contributed by atoms with Crippen LogP contribution in [0.5, 0.6) is 5.75 Å². The molecule has 3 rings (SSSR count). The van der Waals surface area contributed by atoms with E-state index in [9.17, 15) is 4.79 Å². The fraction of sp³-hybridized carbons (Fsp3) is 0.188. The van der Waals surface area contributed by atoms with Crippen LogP contribution in [-0.4, -0.2) is 27.7 Å². The van der Waals surface area contributed by atoms with E-state index in [0.29, 0.717) is 17.1 Å². The molecule has 5 nitrogen and oxygen atoms in total. The van der Waals surface area contributed by atoms with Crippen LogP contribution in [0.2, 0.25) is 0 Å². The summed E-state index contributed by atoms with van der Waals surface area (Å²) in [6.45, 7) is 1.97. The Kier molecular flexibility index (Phi) is 3.17. The second kappa shape index (κ2) is 5.01. The molecule has 2 heterocycles. The van der Waals surface area contributed by atoms with Crippen LogP contribution in [0.3, 0.4) is 0 Å². The summed E-state index contributed by atoms with van der Waals surface area (Å²) in [5, 5.41) is 5.11. The molecule has 106 valence electrons. The van der Waals surface area contributed by atoms with Gasteiger partial charge in [-0.05, 0) is 24.6 Å². The number of pyridine rings is 1. The minimum atomic E-state index is -0.194. The highest BCUT2D eigenvalue weighted by atomic mass is 16.5. The molecule has 0 spiro atoms. The lowest BCUT2D eigenvalue weighted by atomic mass is 10.1. The molecule has 0 bridgehead atoms. The van der Waals surface area contributed by atoms with Crippen LogP contribution in [0.15, 0.2) is 36.5 Å². The second-order valence-corrected chi connectivity index (χ2v) is 4.86. The Hall–Kier alpha value is -2.69. The minimum absolute atomic E-state index is 0.194. The molecule has 0 aliphatic heterocycles. The first-order valence-corrected chi connectivity index (χ1v) is 6.59. The van der Waals surface area contributed by atoms with E-state index in [-0.39, 0.29) is 5.78 Å². The van der Waals surface area contributed by atoms with E-state index in [1.165, 1.54) is 18.0 Å². The molecule has 0 atom stereocenters. The normalized spacial score (nSPS) is 10.8. The summed E-state index contributed by atoms with van der Waals surface area (Å²) in [5.41, 5.74) is 2.62. The average molecular weight is 281 g/mol. The Morgan fingerprint density at radius 2 is 2.05 bits per heavy atom. The maximum absolute atomic E-state index is 12.7. The van der Waals surface area contributed by atoms with Gasteiger partial charge < -0.3 is 4.74 Å². The van der Waals surface area contributed by atoms with Crippen molar-refractivity contribution in [2.45, 2.75) is 6.92 Å². The van der Waals surface area contributed by atoms with Crippen molar-refractivity contribution in [2.75, 3.05) is 7.11 Å². The molecule has 3 aromatic rings. The number of para-hydroxylation sites is 1. The molecule has 21 heavy (non-hydrogen) atoms. The van der Waals surface area contributed by atoms with E-state index in [1.54, 1.807) is 13.1 Å². The van der Waals surface area contributed by atoms with Gasteiger partial charge in [0.25, 0.3) is 0 Å². The first-order valence-electron chi connectivity index (χ1n) is 6.59. The van der Waals surface area contributed by atoms with E-state index in [4.69, 9.17) is 4.74 Å². The molecule has 0 fully saturated rings. The lowest BCUT2D eigenvalue weighted by molar-refractivity contribution is 0.102. The van der Waals surface area contributed by atoms with Crippen molar-refractivity contribution in [3.63, 3.8) is 0 Å². The van der Waals surface area contributed by atoms with E-state index < -0.39 is 0 Å². The highest BCUT2D eigenvalue weighted by molar-refractivity contribution is 6.09. The largest absolute Gasteiger partial charge is 0.493 e. The van der Waals surface area contributed by atoms with Gasteiger partial charge in [-0.25, -0.2) is 4.98 Å². The van der Waals surface area contributed by atoms with Gasteiger partial charge in [-0.15, -0.1) is 0 Å². The minimum Gasteiger partial charge on any atom is -0.493 e. The van der Waals surface area contributed by atoms with Crippen LogP contribution in [0.4, 0.5) is 0 Å². The fourth-order valence-electron chi connectivity index (χ4n) is 2.41. The van der Waals surface area contributed by atoms with Crippen molar-refractivity contribution >= 4 is 16.7 Å². The fourth-order valence-corrected chi connectivity index (χ4v) is 2.41. The number of ketones is 1. The molecule has 0 aliphatic rings. The molecule has 0 N–H and O–H groups in total. The highest BCUT2D eigenvalue weighted by Gasteiger charge is 2.21. The summed E-state index contributed by atoms with van der Waals surface area (Å²) >= 11 is 0. The van der Waals surface area contributed by atoms with Gasteiger partial charge in [0.15, 0.2) is 11.4 Å². The summed E-state index contributed by atoms with van der Waals surface area (Å²) in [5.74, 6) is 0.260. The molecule has 0 saturated heterocycles. The molecular formula is C16H15N3O2. The monoisotopic (exact) mass is 281 g/mol. The van der Waals surface area contributed by atoms with Crippen LogP contribution in [-0.2, 0) is 7.05 Å². The number of hydrogen-bond donors (Lipinski definition) is 0. The van der Waals surface area contributed by atoms with Crippen molar-refractivity contribution in [1.29, 1.82) is 0 Å². The number of methoxy groups -OCH3 is 1. The van der Waals surface area contributed by atoms with Gasteiger partial charge in [0, 0.05) is 12.4 Å². The maximum atomic E-state index is 12.7. The maximum Gasteiger partial charge on any atom is 0.233 e. The topological polar surface area (TPSA) is 57.0 Å². The third-order valence-electron chi connectivity index (χ3n) is 3.50. The molecule has 0 unspecified atom stereocenters. The number of hydrogen-bond acceptors (Lipinski definition) is 4. The smallest absolute Gasteiger partial charge is 0.233 e. The predicted molar refractivity (Wildman–Crippen MR) is 79.7 cm³/mol. The lowest BCUT2D eigenvalue weighted by Crippen LogP contribution is -2.11. The molecule has 0 saturated carbocycles. The number of carbonyl (C=O) groups excluding carboxylic acids is 1. The van der Waals surface area contributed by atoms with Crippen LogP contribution in [0.1, 0.15) is 21.7 Å². The van der Waals surface area contributed by atoms with Crippen molar-refractivity contribution in [3.05, 3.63) is 53.5 Å². The van der Waals surface area contributed by atoms with Crippen molar-refractivity contribution in [2.24, 2.45) is 7.05 Å². The number of ether oxygens (including phenoxy) is 1. The first-order chi connectivity index (χ1) is 10.1. The van der Waals surface area contributed by atoms with Crippen LogP contribution < -0.4 is 4.74 Å². The van der Waals surface area contributed by atoms with Gasteiger partial charge in [0.2, 0.25) is 5.78 Å². The zero-order chi connectivity index (χ0) is 15.0. The quantitative estimate of drug-likeness (QED) is 0.692. The molecule has 0 aliphatic carbocycles. The molecule has 0 amide bonds. The van der Waals surface area contributed by atoms with Crippen molar-refractivity contribution in [3.8, 4) is 5.75 Å². The Balaban J connectivity index is 2.16. The molecular weight excluding hydrogens is 266 g/mol.